The molecule has 0 bridgehead atoms. The molecule has 0 unspecified atom stereocenters. The van der Waals surface area contributed by atoms with Crippen LogP contribution >= 0.6 is 24.0 Å². The van der Waals surface area contributed by atoms with Crippen molar-refractivity contribution in [1.82, 2.24) is 15.6 Å². The van der Waals surface area contributed by atoms with E-state index in [1.165, 1.54) is 6.42 Å². The van der Waals surface area contributed by atoms with E-state index in [1.807, 2.05) is 12.1 Å². The summed E-state index contributed by atoms with van der Waals surface area (Å²) in [5, 5.41) is 6.54. The van der Waals surface area contributed by atoms with Crippen molar-refractivity contribution in [2.45, 2.75) is 33.2 Å². The normalized spacial score (nSPS) is 10.7. The van der Waals surface area contributed by atoms with Crippen molar-refractivity contribution in [3.05, 3.63) is 23.9 Å². The zero-order valence-corrected chi connectivity index (χ0v) is 14.8. The lowest BCUT2D eigenvalue weighted by Gasteiger charge is -2.10. The van der Waals surface area contributed by atoms with Crippen LogP contribution in [0.4, 0.5) is 0 Å². The summed E-state index contributed by atoms with van der Waals surface area (Å²) >= 11 is 0. The fourth-order valence-electron chi connectivity index (χ4n) is 1.52. The summed E-state index contributed by atoms with van der Waals surface area (Å²) in [6.45, 7) is 6.65. The zero-order chi connectivity index (χ0) is 13.9. The molecule has 114 valence electrons. The van der Waals surface area contributed by atoms with Gasteiger partial charge in [0.05, 0.1) is 13.7 Å². The molecule has 20 heavy (non-hydrogen) atoms. The molecule has 0 saturated heterocycles. The Bertz CT molecular complexity index is 381. The summed E-state index contributed by atoms with van der Waals surface area (Å²) in [5.41, 5.74) is 1.06. The lowest BCUT2D eigenvalue weighted by atomic mass is 10.3. The molecule has 6 heteroatoms. The first-order valence-electron chi connectivity index (χ1n) is 6.81. The standard InChI is InChI=1S/C14H24N4O.HI/c1-4-6-9-16-14(15-5-2)18-11-12-7-8-13(19-3)17-10-12;/h7-8,10H,4-6,9,11H2,1-3H3,(H2,15,16,18);1H. The van der Waals surface area contributed by atoms with Crippen LogP contribution in [0, 0.1) is 0 Å². The zero-order valence-electron chi connectivity index (χ0n) is 12.5. The molecule has 0 aliphatic heterocycles. The fraction of sp³-hybridized carbons (Fsp3) is 0.571. The molecule has 0 fully saturated rings. The second-order valence-electron chi connectivity index (χ2n) is 4.18. The van der Waals surface area contributed by atoms with Crippen molar-refractivity contribution >= 4 is 29.9 Å². The lowest BCUT2D eigenvalue weighted by molar-refractivity contribution is 0.397. The molecule has 0 atom stereocenters. The highest BCUT2D eigenvalue weighted by Crippen LogP contribution is 2.07. The lowest BCUT2D eigenvalue weighted by Crippen LogP contribution is -2.37. The summed E-state index contributed by atoms with van der Waals surface area (Å²) < 4.78 is 5.03. The van der Waals surface area contributed by atoms with Crippen molar-refractivity contribution in [1.29, 1.82) is 0 Å². The average Bonchev–Trinajstić information content (AvgIpc) is 2.45. The summed E-state index contributed by atoms with van der Waals surface area (Å²) in [6.07, 6.45) is 4.11. The number of hydrogen-bond donors (Lipinski definition) is 2. The molecule has 0 saturated carbocycles. The number of rotatable bonds is 7. The molecule has 0 aromatic carbocycles. The molecule has 1 aromatic heterocycles. The molecule has 2 N–H and O–H groups in total. The minimum atomic E-state index is 0. The topological polar surface area (TPSA) is 58.5 Å². The van der Waals surface area contributed by atoms with Crippen molar-refractivity contribution in [2.24, 2.45) is 4.99 Å². The highest BCUT2D eigenvalue weighted by atomic mass is 127. The van der Waals surface area contributed by atoms with Gasteiger partial charge >= 0.3 is 0 Å². The third-order valence-electron chi connectivity index (χ3n) is 2.59. The Morgan fingerprint density at radius 3 is 2.65 bits per heavy atom. The number of methoxy groups -OCH3 is 1. The van der Waals surface area contributed by atoms with E-state index in [-0.39, 0.29) is 24.0 Å². The molecule has 0 amide bonds. The third-order valence-corrected chi connectivity index (χ3v) is 2.59. The van der Waals surface area contributed by atoms with Gasteiger partial charge in [0.2, 0.25) is 5.88 Å². The quantitative estimate of drug-likeness (QED) is 0.324. The van der Waals surface area contributed by atoms with E-state index in [0.717, 1.165) is 31.0 Å². The van der Waals surface area contributed by atoms with Gasteiger partial charge in [0.15, 0.2) is 5.96 Å². The van der Waals surface area contributed by atoms with Gasteiger partial charge in [-0.2, -0.15) is 0 Å². The number of nitrogens with one attached hydrogen (secondary N) is 2. The maximum Gasteiger partial charge on any atom is 0.212 e. The number of hydrogen-bond acceptors (Lipinski definition) is 3. The van der Waals surface area contributed by atoms with E-state index in [0.29, 0.717) is 12.4 Å². The average molecular weight is 392 g/mol. The Kier molecular flexibility index (Phi) is 11.1. The van der Waals surface area contributed by atoms with E-state index in [2.05, 4.69) is 34.5 Å². The molecule has 1 heterocycles. The highest BCUT2D eigenvalue weighted by Gasteiger charge is 1.98. The van der Waals surface area contributed by atoms with Crippen LogP contribution in [0.5, 0.6) is 5.88 Å². The van der Waals surface area contributed by atoms with Crippen LogP contribution in [0.3, 0.4) is 0 Å². The largest absolute Gasteiger partial charge is 0.481 e. The van der Waals surface area contributed by atoms with Gasteiger partial charge in [0, 0.05) is 25.4 Å². The van der Waals surface area contributed by atoms with Gasteiger partial charge in [-0.3, -0.25) is 0 Å². The van der Waals surface area contributed by atoms with Crippen LogP contribution in [0.15, 0.2) is 23.3 Å². The van der Waals surface area contributed by atoms with Gasteiger partial charge in [-0.25, -0.2) is 9.98 Å². The number of ether oxygens (including phenoxy) is 1. The summed E-state index contributed by atoms with van der Waals surface area (Å²) in [4.78, 5) is 8.69. The molecule has 0 spiro atoms. The monoisotopic (exact) mass is 392 g/mol. The van der Waals surface area contributed by atoms with Gasteiger partial charge < -0.3 is 15.4 Å². The number of pyridine rings is 1. The number of nitrogens with zero attached hydrogens (tertiary/aromatic N) is 2. The predicted molar refractivity (Wildman–Crippen MR) is 93.9 cm³/mol. The molecular formula is C14H25IN4O. The van der Waals surface area contributed by atoms with Gasteiger partial charge in [0.25, 0.3) is 0 Å². The van der Waals surface area contributed by atoms with Crippen LogP contribution < -0.4 is 15.4 Å². The number of aromatic nitrogens is 1. The summed E-state index contributed by atoms with van der Waals surface area (Å²) in [7, 11) is 1.61. The van der Waals surface area contributed by atoms with E-state index in [4.69, 9.17) is 4.74 Å². The Balaban J connectivity index is 0.00000361. The van der Waals surface area contributed by atoms with Crippen LogP contribution in [-0.4, -0.2) is 31.1 Å². The highest BCUT2D eigenvalue weighted by molar-refractivity contribution is 14.0. The molecular weight excluding hydrogens is 367 g/mol. The van der Waals surface area contributed by atoms with Crippen LogP contribution in [-0.2, 0) is 6.54 Å². The Labute approximate surface area is 138 Å². The van der Waals surface area contributed by atoms with Gasteiger partial charge in [-0.1, -0.05) is 19.4 Å². The van der Waals surface area contributed by atoms with E-state index >= 15 is 0 Å². The first-order chi connectivity index (χ1) is 9.30. The molecule has 0 aliphatic rings. The number of guanidine groups is 1. The smallest absolute Gasteiger partial charge is 0.212 e. The van der Waals surface area contributed by atoms with E-state index < -0.39 is 0 Å². The SMILES string of the molecule is CCCCNC(=NCc1ccc(OC)nc1)NCC.I. The molecule has 1 rings (SSSR count). The van der Waals surface area contributed by atoms with Gasteiger partial charge in [-0.05, 0) is 18.9 Å². The second kappa shape index (κ2) is 11.7. The number of aliphatic imine (C=N–C) groups is 1. The van der Waals surface area contributed by atoms with E-state index in [9.17, 15) is 0 Å². The van der Waals surface area contributed by atoms with E-state index in [1.54, 1.807) is 13.3 Å². The number of halogens is 1. The second-order valence-corrected chi connectivity index (χ2v) is 4.18. The minimum Gasteiger partial charge on any atom is -0.481 e. The Morgan fingerprint density at radius 2 is 2.10 bits per heavy atom. The first kappa shape index (κ1) is 18.9. The molecule has 5 nitrogen and oxygen atoms in total. The predicted octanol–water partition coefficient (Wildman–Crippen LogP) is 2.56. The maximum absolute atomic E-state index is 5.03. The summed E-state index contributed by atoms with van der Waals surface area (Å²) in [6, 6.07) is 3.83. The third kappa shape index (κ3) is 7.52. The molecule has 0 aliphatic carbocycles. The van der Waals surface area contributed by atoms with Crippen molar-refractivity contribution in [3.8, 4) is 5.88 Å². The summed E-state index contributed by atoms with van der Waals surface area (Å²) in [5.74, 6) is 1.48. The maximum atomic E-state index is 5.03. The van der Waals surface area contributed by atoms with Crippen LogP contribution in [0.2, 0.25) is 0 Å². The van der Waals surface area contributed by atoms with Crippen molar-refractivity contribution in [2.75, 3.05) is 20.2 Å². The van der Waals surface area contributed by atoms with Crippen molar-refractivity contribution in [3.63, 3.8) is 0 Å². The first-order valence-corrected chi connectivity index (χ1v) is 6.81. The van der Waals surface area contributed by atoms with Gasteiger partial charge in [-0.15, -0.1) is 24.0 Å². The minimum absolute atomic E-state index is 0. The molecule has 1 aromatic rings. The van der Waals surface area contributed by atoms with Gasteiger partial charge in [0.1, 0.15) is 0 Å². The van der Waals surface area contributed by atoms with Crippen molar-refractivity contribution < 1.29 is 4.74 Å². The Morgan fingerprint density at radius 1 is 1.30 bits per heavy atom. The fourth-order valence-corrected chi connectivity index (χ4v) is 1.52. The Hall–Kier alpha value is -1.05. The molecule has 0 radical (unpaired) electrons. The van der Waals surface area contributed by atoms with Crippen LogP contribution in [0.25, 0.3) is 0 Å². The van der Waals surface area contributed by atoms with Crippen LogP contribution in [0.1, 0.15) is 32.3 Å². The number of unbranched alkanes of at least 4 members (excludes halogenated alkanes) is 1.